The second-order valence-electron chi connectivity index (χ2n) is 5.54. The van der Waals surface area contributed by atoms with Crippen LogP contribution in [0.15, 0.2) is 30.4 Å². The van der Waals surface area contributed by atoms with Crippen LogP contribution in [-0.2, 0) is 14.9 Å². The molecule has 0 amide bonds. The highest BCUT2D eigenvalue weighted by Crippen LogP contribution is 2.24. The van der Waals surface area contributed by atoms with Gasteiger partial charge in [0.2, 0.25) is 0 Å². The van der Waals surface area contributed by atoms with Gasteiger partial charge in [0.25, 0.3) is 5.69 Å². The number of nitro benzene ring substituents is 1. The molecule has 0 aliphatic rings. The van der Waals surface area contributed by atoms with Crippen molar-refractivity contribution in [1.82, 2.24) is 0 Å². The predicted molar refractivity (Wildman–Crippen MR) is 85.0 cm³/mol. The second kappa shape index (κ2) is 6.83. The molecule has 0 fully saturated rings. The molecular weight excluding hydrogens is 354 g/mol. The van der Waals surface area contributed by atoms with Gasteiger partial charge in [0.05, 0.1) is 4.92 Å². The maximum Gasteiger partial charge on any atom is 0.342 e. The maximum absolute atomic E-state index is 12.2. The van der Waals surface area contributed by atoms with Gasteiger partial charge in [0.1, 0.15) is 11.2 Å². The van der Waals surface area contributed by atoms with E-state index in [1.54, 1.807) is 20.8 Å². The predicted octanol–water partition coefficient (Wildman–Crippen LogP) is 3.57. The first-order valence-electron chi connectivity index (χ1n) is 6.37. The lowest BCUT2D eigenvalue weighted by atomic mass is 10.0. The number of nitro groups is 1. The SMILES string of the molecule is C=C(C(=O)OC(C)(C)C)C(=O)c1ccc(CBr)c([N+](=O)[O-])c1. The number of benzene rings is 1. The molecule has 118 valence electrons. The second-order valence-corrected chi connectivity index (χ2v) is 6.10. The quantitative estimate of drug-likeness (QED) is 0.116. The van der Waals surface area contributed by atoms with E-state index in [0.717, 1.165) is 6.07 Å². The summed E-state index contributed by atoms with van der Waals surface area (Å²) in [6.45, 7) is 8.42. The molecule has 0 unspecified atom stereocenters. The van der Waals surface area contributed by atoms with Crippen LogP contribution in [0.4, 0.5) is 5.69 Å². The van der Waals surface area contributed by atoms with Crippen molar-refractivity contribution in [2.24, 2.45) is 0 Å². The number of rotatable bonds is 5. The molecule has 1 aromatic rings. The van der Waals surface area contributed by atoms with Crippen LogP contribution >= 0.6 is 15.9 Å². The van der Waals surface area contributed by atoms with E-state index < -0.39 is 22.3 Å². The van der Waals surface area contributed by atoms with Gasteiger partial charge in [0.15, 0.2) is 5.78 Å². The first-order chi connectivity index (χ1) is 10.1. The minimum Gasteiger partial charge on any atom is -0.456 e. The van der Waals surface area contributed by atoms with Crippen molar-refractivity contribution < 1.29 is 19.2 Å². The number of nitrogens with zero attached hydrogens (tertiary/aromatic N) is 1. The Morgan fingerprint density at radius 3 is 2.41 bits per heavy atom. The lowest BCUT2D eigenvalue weighted by Crippen LogP contribution is -2.27. The summed E-state index contributed by atoms with van der Waals surface area (Å²) < 4.78 is 5.06. The van der Waals surface area contributed by atoms with Crippen LogP contribution in [-0.4, -0.2) is 22.3 Å². The summed E-state index contributed by atoms with van der Waals surface area (Å²) in [5.74, 6) is -1.54. The summed E-state index contributed by atoms with van der Waals surface area (Å²) in [5, 5.41) is 11.3. The van der Waals surface area contributed by atoms with E-state index in [1.807, 2.05) is 0 Å². The van der Waals surface area contributed by atoms with Gasteiger partial charge in [-0.05, 0) is 20.8 Å². The largest absolute Gasteiger partial charge is 0.456 e. The molecule has 1 rings (SSSR count). The van der Waals surface area contributed by atoms with Crippen LogP contribution in [0.1, 0.15) is 36.7 Å². The number of halogens is 1. The molecular formula is C15H16BrNO5. The number of carbonyl (C=O) groups is 2. The van der Waals surface area contributed by atoms with Gasteiger partial charge in [-0.3, -0.25) is 14.9 Å². The fourth-order valence-electron chi connectivity index (χ4n) is 1.59. The van der Waals surface area contributed by atoms with Gasteiger partial charge >= 0.3 is 5.97 Å². The van der Waals surface area contributed by atoms with Crippen molar-refractivity contribution in [2.45, 2.75) is 31.7 Å². The van der Waals surface area contributed by atoms with E-state index >= 15 is 0 Å². The highest BCUT2D eigenvalue weighted by molar-refractivity contribution is 9.08. The number of ether oxygens (including phenoxy) is 1. The van der Waals surface area contributed by atoms with Crippen LogP contribution in [0.25, 0.3) is 0 Å². The van der Waals surface area contributed by atoms with Crippen LogP contribution in [0, 0.1) is 10.1 Å². The summed E-state index contributed by atoms with van der Waals surface area (Å²) in [6, 6.07) is 4.01. The monoisotopic (exact) mass is 369 g/mol. The molecule has 0 aliphatic carbocycles. The molecule has 0 aliphatic heterocycles. The Balaban J connectivity index is 3.08. The molecule has 22 heavy (non-hydrogen) atoms. The molecule has 0 spiro atoms. The first kappa shape index (κ1) is 18.0. The van der Waals surface area contributed by atoms with Gasteiger partial charge in [0, 0.05) is 22.5 Å². The summed E-state index contributed by atoms with van der Waals surface area (Å²) in [5.41, 5.74) is -0.862. The van der Waals surface area contributed by atoms with Crippen molar-refractivity contribution in [2.75, 3.05) is 0 Å². The number of Topliss-reactive ketones (excluding diaryl/α,β-unsaturated/α-hetero) is 1. The third kappa shape index (κ3) is 4.49. The van der Waals surface area contributed by atoms with Crippen molar-refractivity contribution in [1.29, 1.82) is 0 Å². The summed E-state index contributed by atoms with van der Waals surface area (Å²) >= 11 is 3.14. The highest BCUT2D eigenvalue weighted by atomic mass is 79.9. The number of alkyl halides is 1. The third-order valence-corrected chi connectivity index (χ3v) is 3.21. The Labute approximate surface area is 136 Å². The van der Waals surface area contributed by atoms with Gasteiger partial charge in [-0.1, -0.05) is 34.6 Å². The Morgan fingerprint density at radius 1 is 1.36 bits per heavy atom. The molecule has 0 N–H and O–H groups in total. The summed E-state index contributed by atoms with van der Waals surface area (Å²) in [7, 11) is 0. The van der Waals surface area contributed by atoms with Gasteiger partial charge < -0.3 is 4.74 Å². The Hall–Kier alpha value is -2.02. The molecule has 0 heterocycles. The molecule has 0 bridgehead atoms. The van der Waals surface area contributed by atoms with Crippen LogP contribution < -0.4 is 0 Å². The molecule has 7 heteroatoms. The van der Waals surface area contributed by atoms with Crippen LogP contribution in [0.2, 0.25) is 0 Å². The minimum atomic E-state index is -0.843. The van der Waals surface area contributed by atoms with Crippen LogP contribution in [0.5, 0.6) is 0 Å². The Bertz CT molecular complexity index is 646. The zero-order valence-corrected chi connectivity index (χ0v) is 14.1. The smallest absolute Gasteiger partial charge is 0.342 e. The number of carbonyl (C=O) groups excluding carboxylic acids is 2. The molecule has 0 atom stereocenters. The lowest BCUT2D eigenvalue weighted by molar-refractivity contribution is -0.385. The fourth-order valence-corrected chi connectivity index (χ4v) is 2.07. The molecule has 0 aromatic heterocycles. The maximum atomic E-state index is 12.2. The fraction of sp³-hybridized carbons (Fsp3) is 0.333. The zero-order valence-electron chi connectivity index (χ0n) is 12.5. The van der Waals surface area contributed by atoms with Crippen molar-refractivity contribution in [3.8, 4) is 0 Å². The van der Waals surface area contributed by atoms with Crippen LogP contribution in [0.3, 0.4) is 0 Å². The lowest BCUT2D eigenvalue weighted by Gasteiger charge is -2.19. The Morgan fingerprint density at radius 2 is 1.95 bits per heavy atom. The van der Waals surface area contributed by atoms with E-state index in [9.17, 15) is 19.7 Å². The van der Waals surface area contributed by atoms with Crippen molar-refractivity contribution >= 4 is 33.4 Å². The third-order valence-electron chi connectivity index (χ3n) is 2.61. The Kier molecular flexibility index (Phi) is 5.59. The average molecular weight is 370 g/mol. The van der Waals surface area contributed by atoms with E-state index in [0.29, 0.717) is 5.56 Å². The number of hydrogen-bond acceptors (Lipinski definition) is 5. The molecule has 0 radical (unpaired) electrons. The normalized spacial score (nSPS) is 10.9. The molecule has 1 aromatic carbocycles. The molecule has 0 saturated carbocycles. The van der Waals surface area contributed by atoms with Gasteiger partial charge in [-0.15, -0.1) is 0 Å². The van der Waals surface area contributed by atoms with Gasteiger partial charge in [-0.25, -0.2) is 4.79 Å². The topological polar surface area (TPSA) is 86.5 Å². The molecule has 6 nitrogen and oxygen atoms in total. The van der Waals surface area contributed by atoms with E-state index in [-0.39, 0.29) is 22.2 Å². The van der Waals surface area contributed by atoms with E-state index in [2.05, 4.69) is 22.5 Å². The van der Waals surface area contributed by atoms with E-state index in [1.165, 1.54) is 12.1 Å². The molecule has 0 saturated heterocycles. The number of ketones is 1. The highest BCUT2D eigenvalue weighted by Gasteiger charge is 2.25. The summed E-state index contributed by atoms with van der Waals surface area (Å²) in [4.78, 5) is 34.5. The van der Waals surface area contributed by atoms with Gasteiger partial charge in [-0.2, -0.15) is 0 Å². The number of hydrogen-bond donors (Lipinski definition) is 0. The minimum absolute atomic E-state index is 0.0206. The summed E-state index contributed by atoms with van der Waals surface area (Å²) in [6.07, 6.45) is 0. The standard InChI is InChI=1S/C15H16BrNO5/c1-9(14(19)22-15(2,3)4)13(18)10-5-6-11(8-16)12(7-10)17(20)21/h5-7H,1,8H2,2-4H3. The number of esters is 1. The first-order valence-corrected chi connectivity index (χ1v) is 7.49. The van der Waals surface area contributed by atoms with Crippen molar-refractivity contribution in [3.05, 3.63) is 51.6 Å². The van der Waals surface area contributed by atoms with Crippen molar-refractivity contribution in [3.63, 3.8) is 0 Å². The zero-order chi connectivity index (χ0) is 17.1. The van der Waals surface area contributed by atoms with E-state index in [4.69, 9.17) is 4.74 Å². The average Bonchev–Trinajstić information content (AvgIpc) is 2.43.